The first-order valence-corrected chi connectivity index (χ1v) is 7.05. The van der Waals surface area contributed by atoms with Gasteiger partial charge in [-0.05, 0) is 11.4 Å². The van der Waals surface area contributed by atoms with Crippen molar-refractivity contribution in [1.82, 2.24) is 10.6 Å². The van der Waals surface area contributed by atoms with E-state index in [-0.39, 0.29) is 12.0 Å². The molecule has 0 saturated carbocycles. The number of amides is 2. The Morgan fingerprint density at radius 2 is 2.20 bits per heavy atom. The summed E-state index contributed by atoms with van der Waals surface area (Å²) in [7, 11) is 1.38. The second kappa shape index (κ2) is 7.25. The van der Waals surface area contributed by atoms with E-state index in [0.717, 1.165) is 4.88 Å². The van der Waals surface area contributed by atoms with Crippen molar-refractivity contribution in [2.45, 2.75) is 25.3 Å². The fraction of sp³-hybridized carbons (Fsp3) is 0.538. The minimum atomic E-state index is -1.13. The molecule has 0 fully saturated rings. The first-order chi connectivity index (χ1) is 9.36. The summed E-state index contributed by atoms with van der Waals surface area (Å²) in [5.41, 5.74) is -0.203. The molecule has 0 radical (unpaired) electrons. The van der Waals surface area contributed by atoms with E-state index in [9.17, 15) is 9.59 Å². The molecule has 0 aromatic carbocycles. The lowest BCUT2D eigenvalue weighted by Gasteiger charge is -2.24. The van der Waals surface area contributed by atoms with Crippen LogP contribution in [-0.2, 0) is 14.9 Å². The number of thiophene rings is 1. The maximum absolute atomic E-state index is 11.7. The third-order valence-electron chi connectivity index (χ3n) is 2.82. The van der Waals surface area contributed by atoms with Gasteiger partial charge in [0.2, 0.25) is 0 Å². The monoisotopic (exact) mass is 300 g/mol. The molecule has 7 heteroatoms. The van der Waals surface area contributed by atoms with E-state index in [1.807, 2.05) is 31.4 Å². The van der Waals surface area contributed by atoms with E-state index < -0.39 is 18.0 Å². The molecule has 1 aromatic rings. The third-order valence-corrected chi connectivity index (χ3v) is 4.05. The van der Waals surface area contributed by atoms with E-state index in [2.05, 4.69) is 10.6 Å². The van der Waals surface area contributed by atoms with Gasteiger partial charge in [-0.1, -0.05) is 19.9 Å². The summed E-state index contributed by atoms with van der Waals surface area (Å²) in [4.78, 5) is 23.8. The number of aliphatic carboxylic acids is 1. The number of rotatable bonds is 7. The molecule has 112 valence electrons. The summed E-state index contributed by atoms with van der Waals surface area (Å²) in [5, 5.41) is 15.9. The van der Waals surface area contributed by atoms with Crippen LogP contribution in [0.25, 0.3) is 0 Å². The normalized spacial score (nSPS) is 12.8. The average Bonchev–Trinajstić information content (AvgIpc) is 2.90. The minimum absolute atomic E-state index is 0.0724. The fourth-order valence-electron chi connectivity index (χ4n) is 1.60. The van der Waals surface area contributed by atoms with Crippen molar-refractivity contribution in [3.8, 4) is 0 Å². The number of nitrogens with one attached hydrogen (secondary N) is 2. The van der Waals surface area contributed by atoms with Crippen LogP contribution in [0.2, 0.25) is 0 Å². The van der Waals surface area contributed by atoms with E-state index in [1.54, 1.807) is 11.3 Å². The highest BCUT2D eigenvalue weighted by Gasteiger charge is 2.24. The lowest BCUT2D eigenvalue weighted by Crippen LogP contribution is -2.50. The zero-order chi connectivity index (χ0) is 15.2. The van der Waals surface area contributed by atoms with Crippen LogP contribution in [0.4, 0.5) is 4.79 Å². The zero-order valence-corrected chi connectivity index (χ0v) is 12.6. The van der Waals surface area contributed by atoms with Gasteiger partial charge in [0.05, 0.1) is 6.61 Å². The molecule has 0 aliphatic carbocycles. The number of methoxy groups -OCH3 is 1. The summed E-state index contributed by atoms with van der Waals surface area (Å²) in [5.74, 6) is -1.13. The van der Waals surface area contributed by atoms with Crippen molar-refractivity contribution in [1.29, 1.82) is 0 Å². The van der Waals surface area contributed by atoms with E-state index in [4.69, 9.17) is 9.84 Å². The van der Waals surface area contributed by atoms with Gasteiger partial charge >= 0.3 is 12.0 Å². The second-order valence-corrected chi connectivity index (χ2v) is 5.98. The van der Waals surface area contributed by atoms with Gasteiger partial charge < -0.3 is 20.5 Å². The summed E-state index contributed by atoms with van der Waals surface area (Å²) in [6, 6.07) is 2.40. The molecule has 0 spiro atoms. The summed E-state index contributed by atoms with van der Waals surface area (Å²) < 4.78 is 4.75. The number of urea groups is 1. The Kier molecular flexibility index (Phi) is 5.97. The molecule has 0 aliphatic rings. The molecule has 1 atom stereocenters. The lowest BCUT2D eigenvalue weighted by molar-refractivity contribution is -0.140. The Morgan fingerprint density at radius 1 is 1.50 bits per heavy atom. The predicted octanol–water partition coefficient (Wildman–Crippen LogP) is 1.42. The highest BCUT2D eigenvalue weighted by Crippen LogP contribution is 2.26. The van der Waals surface area contributed by atoms with Gasteiger partial charge in [-0.15, -0.1) is 11.3 Å². The first-order valence-electron chi connectivity index (χ1n) is 6.17. The first kappa shape index (κ1) is 16.5. The maximum Gasteiger partial charge on any atom is 0.328 e. The SMILES string of the molecule is COCC(NC(=O)NCC(C)(C)c1cccs1)C(=O)O. The van der Waals surface area contributed by atoms with Gasteiger partial charge in [0.25, 0.3) is 0 Å². The summed E-state index contributed by atoms with van der Waals surface area (Å²) >= 11 is 1.62. The molecule has 3 N–H and O–H groups in total. The molecule has 6 nitrogen and oxygen atoms in total. The lowest BCUT2D eigenvalue weighted by atomic mass is 9.91. The molecule has 0 saturated heterocycles. The van der Waals surface area contributed by atoms with Crippen LogP contribution in [0.3, 0.4) is 0 Å². The molecule has 1 unspecified atom stereocenters. The molecule has 0 bridgehead atoms. The van der Waals surface area contributed by atoms with Gasteiger partial charge in [0.15, 0.2) is 6.04 Å². The largest absolute Gasteiger partial charge is 0.480 e. The van der Waals surface area contributed by atoms with Crippen molar-refractivity contribution < 1.29 is 19.4 Å². The molecule has 20 heavy (non-hydrogen) atoms. The number of carbonyl (C=O) groups is 2. The van der Waals surface area contributed by atoms with Crippen molar-refractivity contribution in [3.05, 3.63) is 22.4 Å². The Balaban J connectivity index is 2.48. The number of hydrogen-bond acceptors (Lipinski definition) is 4. The van der Waals surface area contributed by atoms with Crippen LogP contribution in [0.15, 0.2) is 17.5 Å². The van der Waals surface area contributed by atoms with Gasteiger partial charge in [0, 0.05) is 23.9 Å². The molecule has 0 aliphatic heterocycles. The summed E-state index contributed by atoms with van der Waals surface area (Å²) in [6.07, 6.45) is 0. The number of carboxylic acid groups (broad SMARTS) is 1. The van der Waals surface area contributed by atoms with E-state index in [0.29, 0.717) is 6.54 Å². The van der Waals surface area contributed by atoms with Gasteiger partial charge in [-0.3, -0.25) is 0 Å². The van der Waals surface area contributed by atoms with Gasteiger partial charge in [-0.2, -0.15) is 0 Å². The third kappa shape index (κ3) is 4.82. The van der Waals surface area contributed by atoms with Gasteiger partial charge in [0.1, 0.15) is 0 Å². The predicted molar refractivity (Wildman–Crippen MR) is 77.2 cm³/mol. The number of hydrogen-bond donors (Lipinski definition) is 3. The van der Waals surface area contributed by atoms with Crippen LogP contribution in [0.1, 0.15) is 18.7 Å². The quantitative estimate of drug-likeness (QED) is 0.711. The number of carbonyl (C=O) groups excluding carboxylic acids is 1. The zero-order valence-electron chi connectivity index (χ0n) is 11.8. The maximum atomic E-state index is 11.7. The Morgan fingerprint density at radius 3 is 2.70 bits per heavy atom. The number of carboxylic acids is 1. The number of ether oxygens (including phenoxy) is 1. The van der Waals surface area contributed by atoms with Crippen LogP contribution in [0.5, 0.6) is 0 Å². The minimum Gasteiger partial charge on any atom is -0.480 e. The highest BCUT2D eigenvalue weighted by atomic mass is 32.1. The second-order valence-electron chi connectivity index (χ2n) is 5.03. The smallest absolute Gasteiger partial charge is 0.328 e. The van der Waals surface area contributed by atoms with Crippen LogP contribution >= 0.6 is 11.3 Å². The molecule has 1 rings (SSSR count). The van der Waals surface area contributed by atoms with Crippen LogP contribution < -0.4 is 10.6 Å². The van der Waals surface area contributed by atoms with E-state index >= 15 is 0 Å². The standard InChI is InChI=1S/C13H20N2O4S/c1-13(2,10-5-4-6-20-10)8-14-12(18)15-9(7-19-3)11(16)17/h4-6,9H,7-8H2,1-3H3,(H,16,17)(H2,14,15,18). The molecular formula is C13H20N2O4S. The van der Waals surface area contributed by atoms with Gasteiger partial charge in [-0.25, -0.2) is 9.59 Å². The Hall–Kier alpha value is -1.60. The summed E-state index contributed by atoms with van der Waals surface area (Å²) in [6.45, 7) is 4.38. The van der Waals surface area contributed by atoms with Crippen LogP contribution in [-0.4, -0.2) is 43.4 Å². The molecular weight excluding hydrogens is 280 g/mol. The Labute approximate surface area is 122 Å². The molecule has 2 amide bonds. The molecule has 1 heterocycles. The van der Waals surface area contributed by atoms with E-state index in [1.165, 1.54) is 7.11 Å². The van der Waals surface area contributed by atoms with Crippen molar-refractivity contribution in [2.24, 2.45) is 0 Å². The van der Waals surface area contributed by atoms with Crippen LogP contribution in [0, 0.1) is 0 Å². The van der Waals surface area contributed by atoms with Crippen molar-refractivity contribution in [2.75, 3.05) is 20.3 Å². The fourth-order valence-corrected chi connectivity index (χ4v) is 2.45. The Bertz CT molecular complexity index is 445. The average molecular weight is 300 g/mol. The van der Waals surface area contributed by atoms with Crippen molar-refractivity contribution in [3.63, 3.8) is 0 Å². The van der Waals surface area contributed by atoms with Crippen molar-refractivity contribution >= 4 is 23.3 Å². The topological polar surface area (TPSA) is 87.7 Å². The highest BCUT2D eigenvalue weighted by molar-refractivity contribution is 7.10. The molecule has 1 aromatic heterocycles.